The molecule has 0 unspecified atom stereocenters. The topological polar surface area (TPSA) is 56.7 Å². The zero-order valence-corrected chi connectivity index (χ0v) is 11.4. The first-order valence-corrected chi connectivity index (χ1v) is 7.28. The molecule has 2 aromatic rings. The highest BCUT2D eigenvalue weighted by atomic mass is 32.1. The van der Waals surface area contributed by atoms with Crippen LogP contribution < -0.4 is 5.73 Å². The standard InChI is InChI=1S/C13H18N4S/c1-17-7-6-15-13(17)11-12(9-4-2-3-5-9)18-10(8-14)16-11/h6-7,9H,2-5,8,14H2,1H3. The SMILES string of the molecule is Cn1ccnc1-c1nc(CN)sc1C1CCCC1. The van der Waals surface area contributed by atoms with Gasteiger partial charge in [-0.15, -0.1) is 11.3 Å². The van der Waals surface area contributed by atoms with E-state index >= 15 is 0 Å². The number of hydrogen-bond acceptors (Lipinski definition) is 4. The number of aromatic nitrogens is 3. The fraction of sp³-hybridized carbons (Fsp3) is 0.538. The van der Waals surface area contributed by atoms with Crippen molar-refractivity contribution in [2.75, 3.05) is 0 Å². The number of thiazole rings is 1. The molecule has 0 saturated heterocycles. The highest BCUT2D eigenvalue weighted by Crippen LogP contribution is 2.41. The molecule has 4 nitrogen and oxygen atoms in total. The van der Waals surface area contributed by atoms with Crippen molar-refractivity contribution in [1.29, 1.82) is 0 Å². The van der Waals surface area contributed by atoms with Gasteiger partial charge in [-0.3, -0.25) is 0 Å². The van der Waals surface area contributed by atoms with Gasteiger partial charge in [0.15, 0.2) is 5.82 Å². The molecule has 0 amide bonds. The lowest BCUT2D eigenvalue weighted by atomic mass is 10.0. The van der Waals surface area contributed by atoms with Gasteiger partial charge in [0.2, 0.25) is 0 Å². The summed E-state index contributed by atoms with van der Waals surface area (Å²) in [4.78, 5) is 10.5. The average molecular weight is 262 g/mol. The quantitative estimate of drug-likeness (QED) is 0.925. The summed E-state index contributed by atoms with van der Waals surface area (Å²) in [7, 11) is 2.02. The molecule has 0 spiro atoms. The van der Waals surface area contributed by atoms with Crippen LogP contribution in [-0.4, -0.2) is 14.5 Å². The van der Waals surface area contributed by atoms with E-state index < -0.39 is 0 Å². The smallest absolute Gasteiger partial charge is 0.159 e. The highest BCUT2D eigenvalue weighted by Gasteiger charge is 2.25. The summed E-state index contributed by atoms with van der Waals surface area (Å²) in [5.41, 5.74) is 6.80. The minimum atomic E-state index is 0.523. The second kappa shape index (κ2) is 4.82. The third-order valence-electron chi connectivity index (χ3n) is 3.63. The lowest BCUT2D eigenvalue weighted by Gasteiger charge is -2.08. The van der Waals surface area contributed by atoms with Crippen LogP contribution in [-0.2, 0) is 13.6 Å². The molecule has 0 atom stereocenters. The Balaban J connectivity index is 2.06. The second-order valence-corrected chi connectivity index (χ2v) is 5.98. The van der Waals surface area contributed by atoms with Gasteiger partial charge < -0.3 is 10.3 Å². The van der Waals surface area contributed by atoms with Crippen LogP contribution in [0, 0.1) is 0 Å². The first-order valence-electron chi connectivity index (χ1n) is 6.47. The fourth-order valence-corrected chi connectivity index (χ4v) is 3.79. The van der Waals surface area contributed by atoms with Crippen molar-refractivity contribution in [1.82, 2.24) is 14.5 Å². The molecule has 0 aromatic carbocycles. The van der Waals surface area contributed by atoms with Crippen molar-refractivity contribution in [3.63, 3.8) is 0 Å². The van der Waals surface area contributed by atoms with Crippen LogP contribution in [0.1, 0.15) is 41.5 Å². The number of nitrogens with zero attached hydrogens (tertiary/aromatic N) is 3. The molecule has 0 aliphatic heterocycles. The Kier molecular flexibility index (Phi) is 3.18. The molecule has 1 fully saturated rings. The Hall–Kier alpha value is -1.20. The van der Waals surface area contributed by atoms with E-state index in [-0.39, 0.29) is 0 Å². The molecule has 0 radical (unpaired) electrons. The summed E-state index contributed by atoms with van der Waals surface area (Å²) < 4.78 is 2.04. The first kappa shape index (κ1) is 11.9. The average Bonchev–Trinajstić information content (AvgIpc) is 3.07. The van der Waals surface area contributed by atoms with Crippen molar-refractivity contribution in [2.45, 2.75) is 38.1 Å². The molecule has 18 heavy (non-hydrogen) atoms. The summed E-state index contributed by atoms with van der Waals surface area (Å²) >= 11 is 1.77. The van der Waals surface area contributed by atoms with Gasteiger partial charge in [0.05, 0.1) is 0 Å². The molecule has 1 aliphatic rings. The van der Waals surface area contributed by atoms with Gasteiger partial charge in [-0.25, -0.2) is 9.97 Å². The van der Waals surface area contributed by atoms with Gasteiger partial charge in [-0.05, 0) is 18.8 Å². The van der Waals surface area contributed by atoms with Crippen LogP contribution in [0.2, 0.25) is 0 Å². The lowest BCUT2D eigenvalue weighted by molar-refractivity contribution is 0.735. The molecule has 1 saturated carbocycles. The summed E-state index contributed by atoms with van der Waals surface area (Å²) in [6, 6.07) is 0. The maximum absolute atomic E-state index is 5.74. The van der Waals surface area contributed by atoms with Crippen molar-refractivity contribution in [3.05, 3.63) is 22.3 Å². The third kappa shape index (κ3) is 1.97. The first-order chi connectivity index (χ1) is 8.79. The Bertz CT molecular complexity index is 537. The second-order valence-electron chi connectivity index (χ2n) is 4.87. The van der Waals surface area contributed by atoms with E-state index in [0.717, 1.165) is 16.5 Å². The molecule has 2 N–H and O–H groups in total. The van der Waals surface area contributed by atoms with Crippen molar-refractivity contribution < 1.29 is 0 Å². The van der Waals surface area contributed by atoms with Crippen LogP contribution in [0.3, 0.4) is 0 Å². The van der Waals surface area contributed by atoms with Gasteiger partial charge in [-0.2, -0.15) is 0 Å². The lowest BCUT2D eigenvalue weighted by Crippen LogP contribution is -1.98. The number of aryl methyl sites for hydroxylation is 1. The van der Waals surface area contributed by atoms with Gasteiger partial charge in [0, 0.05) is 30.9 Å². The maximum atomic E-state index is 5.74. The molecular weight excluding hydrogens is 244 g/mol. The normalized spacial score (nSPS) is 16.6. The van der Waals surface area contributed by atoms with E-state index in [1.807, 2.05) is 24.0 Å². The van der Waals surface area contributed by atoms with Crippen molar-refractivity contribution in [2.24, 2.45) is 12.8 Å². The number of rotatable bonds is 3. The number of imidazole rings is 1. The van der Waals surface area contributed by atoms with E-state index in [0.29, 0.717) is 12.5 Å². The van der Waals surface area contributed by atoms with E-state index in [9.17, 15) is 0 Å². The van der Waals surface area contributed by atoms with Gasteiger partial charge in [-0.1, -0.05) is 12.8 Å². The molecular formula is C13H18N4S. The van der Waals surface area contributed by atoms with Gasteiger partial charge in [0.25, 0.3) is 0 Å². The van der Waals surface area contributed by atoms with E-state index in [1.54, 1.807) is 11.3 Å². The molecule has 3 rings (SSSR count). The zero-order chi connectivity index (χ0) is 12.5. The van der Waals surface area contributed by atoms with Crippen LogP contribution >= 0.6 is 11.3 Å². The third-order valence-corrected chi connectivity index (χ3v) is 4.87. The molecule has 2 heterocycles. The van der Waals surface area contributed by atoms with Crippen LogP contribution in [0.15, 0.2) is 12.4 Å². The summed E-state index contributed by atoms with van der Waals surface area (Å²) in [6.07, 6.45) is 9.03. The van der Waals surface area contributed by atoms with Crippen LogP contribution in [0.4, 0.5) is 0 Å². The maximum Gasteiger partial charge on any atom is 0.159 e. The van der Waals surface area contributed by atoms with Crippen molar-refractivity contribution >= 4 is 11.3 Å². The molecule has 5 heteroatoms. The molecule has 96 valence electrons. The number of hydrogen-bond donors (Lipinski definition) is 1. The van der Waals surface area contributed by atoms with Gasteiger partial charge in [0.1, 0.15) is 10.7 Å². The van der Waals surface area contributed by atoms with E-state index in [1.165, 1.54) is 30.6 Å². The summed E-state index contributed by atoms with van der Waals surface area (Å²) in [5.74, 6) is 1.63. The monoisotopic (exact) mass is 262 g/mol. The minimum Gasteiger partial charge on any atom is -0.333 e. The van der Waals surface area contributed by atoms with E-state index in [2.05, 4.69) is 9.97 Å². The molecule has 2 aromatic heterocycles. The largest absolute Gasteiger partial charge is 0.333 e. The Morgan fingerprint density at radius 3 is 2.83 bits per heavy atom. The summed E-state index contributed by atoms with van der Waals surface area (Å²) in [6.45, 7) is 0.523. The highest BCUT2D eigenvalue weighted by molar-refractivity contribution is 7.12. The predicted molar refractivity (Wildman–Crippen MR) is 73.4 cm³/mol. The fourth-order valence-electron chi connectivity index (χ4n) is 2.68. The zero-order valence-electron chi connectivity index (χ0n) is 10.6. The van der Waals surface area contributed by atoms with Crippen LogP contribution in [0.25, 0.3) is 11.5 Å². The Morgan fingerprint density at radius 1 is 1.44 bits per heavy atom. The minimum absolute atomic E-state index is 0.523. The Labute approximate surface area is 111 Å². The van der Waals surface area contributed by atoms with Gasteiger partial charge >= 0.3 is 0 Å². The van der Waals surface area contributed by atoms with E-state index in [4.69, 9.17) is 5.73 Å². The Morgan fingerprint density at radius 2 is 2.22 bits per heavy atom. The number of nitrogens with two attached hydrogens (primary N) is 1. The molecule has 1 aliphatic carbocycles. The summed E-state index contributed by atoms with van der Waals surface area (Å²) in [5, 5.41) is 1.02. The predicted octanol–water partition coefficient (Wildman–Crippen LogP) is 2.66. The van der Waals surface area contributed by atoms with Crippen LogP contribution in [0.5, 0.6) is 0 Å². The van der Waals surface area contributed by atoms with Crippen molar-refractivity contribution in [3.8, 4) is 11.5 Å². The molecule has 0 bridgehead atoms.